The third-order valence-corrected chi connectivity index (χ3v) is 11.8. The van der Waals surface area contributed by atoms with Crippen molar-refractivity contribution in [1.82, 2.24) is 19.3 Å². The Morgan fingerprint density at radius 1 is 0.896 bits per heavy atom. The Balaban J connectivity index is 1.28. The maximum atomic E-state index is 15.1. The topological polar surface area (TPSA) is 123 Å². The molecule has 1 aromatic carbocycles. The molecule has 2 aromatic rings. The van der Waals surface area contributed by atoms with E-state index in [4.69, 9.17) is 0 Å². The number of benzene rings is 1. The van der Waals surface area contributed by atoms with E-state index in [1.807, 2.05) is 11.8 Å². The molecule has 0 bridgehead atoms. The lowest BCUT2D eigenvalue weighted by molar-refractivity contribution is -0.163. The highest BCUT2D eigenvalue weighted by Crippen LogP contribution is 2.52. The van der Waals surface area contributed by atoms with Crippen LogP contribution in [0.15, 0.2) is 41.3 Å². The molecule has 2 saturated heterocycles. The second-order valence-electron chi connectivity index (χ2n) is 14.8. The third kappa shape index (κ3) is 6.75. The number of likely N-dealkylation sites (tertiary alicyclic amines) is 1. The second-order valence-corrected chi connectivity index (χ2v) is 14.8. The minimum absolute atomic E-state index is 0.0455. The van der Waals surface area contributed by atoms with Crippen molar-refractivity contribution >= 4 is 17.9 Å². The van der Waals surface area contributed by atoms with Gasteiger partial charge in [0.15, 0.2) is 0 Å². The van der Waals surface area contributed by atoms with Gasteiger partial charge in [0, 0.05) is 74.0 Å². The number of aliphatic hydroxyl groups is 1. The number of rotatable bonds is 7. The third-order valence-electron chi connectivity index (χ3n) is 11.8. The number of pyridine rings is 1. The predicted molar refractivity (Wildman–Crippen MR) is 179 cm³/mol. The maximum absolute atomic E-state index is 15.1. The fourth-order valence-electron chi connectivity index (χ4n) is 8.94. The van der Waals surface area contributed by atoms with E-state index in [9.17, 15) is 29.4 Å². The molecule has 2 atom stereocenters. The van der Waals surface area contributed by atoms with Gasteiger partial charge in [0.05, 0.1) is 17.7 Å². The van der Waals surface area contributed by atoms with E-state index in [1.165, 1.54) is 76.9 Å². The molecule has 3 amide bonds. The normalized spacial score (nSPS) is 23.8. The number of nitrogens with zero attached hydrogens (tertiary/aromatic N) is 4. The summed E-state index contributed by atoms with van der Waals surface area (Å²) in [5, 5.41) is 21.8. The highest BCUT2D eigenvalue weighted by molar-refractivity contribution is 6.00. The van der Waals surface area contributed by atoms with Gasteiger partial charge in [-0.25, -0.2) is 9.18 Å². The largest absolute Gasteiger partial charge is 0.465 e. The van der Waals surface area contributed by atoms with Gasteiger partial charge in [-0.2, -0.15) is 0 Å². The lowest BCUT2D eigenvalue weighted by Crippen LogP contribution is -2.62. The first-order valence-corrected chi connectivity index (χ1v) is 17.8. The fraction of sp³-hybridized carbons (Fsp3) is 0.622. The summed E-state index contributed by atoms with van der Waals surface area (Å²) in [4.78, 5) is 57.7. The van der Waals surface area contributed by atoms with Crippen LogP contribution in [0, 0.1) is 23.1 Å². The van der Waals surface area contributed by atoms with Crippen LogP contribution in [-0.4, -0.2) is 92.3 Å². The van der Waals surface area contributed by atoms with Crippen molar-refractivity contribution in [3.8, 4) is 11.1 Å². The quantitative estimate of drug-likeness (QED) is 0.419. The summed E-state index contributed by atoms with van der Waals surface area (Å²) < 4.78 is 16.5. The van der Waals surface area contributed by atoms with E-state index >= 15 is 4.39 Å². The minimum Gasteiger partial charge on any atom is -0.465 e. The van der Waals surface area contributed by atoms with Crippen molar-refractivity contribution in [2.45, 2.75) is 89.7 Å². The number of hydrogen-bond donors (Lipinski definition) is 2. The van der Waals surface area contributed by atoms with E-state index < -0.39 is 34.4 Å². The molecule has 48 heavy (non-hydrogen) atoms. The minimum atomic E-state index is -1.29. The first kappa shape index (κ1) is 34.1. The number of carboxylic acid groups (broad SMARTS) is 1. The van der Waals surface area contributed by atoms with Crippen molar-refractivity contribution in [2.24, 2.45) is 17.3 Å². The molecule has 0 radical (unpaired) electrons. The number of carbonyl (C=O) groups excluding carboxylic acids is 2. The van der Waals surface area contributed by atoms with Gasteiger partial charge in [-0.15, -0.1) is 0 Å². The first-order valence-electron chi connectivity index (χ1n) is 17.8. The molecule has 4 fully saturated rings. The predicted octanol–water partition coefficient (Wildman–Crippen LogP) is 5.22. The van der Waals surface area contributed by atoms with Crippen molar-refractivity contribution in [2.75, 3.05) is 39.3 Å². The number of piperazine rings is 1. The van der Waals surface area contributed by atoms with Crippen molar-refractivity contribution in [1.29, 1.82) is 0 Å². The zero-order valence-electron chi connectivity index (χ0n) is 28.0. The molecule has 6 rings (SSSR count). The summed E-state index contributed by atoms with van der Waals surface area (Å²) in [6.07, 6.45) is 11.1. The maximum Gasteiger partial charge on any atom is 0.407 e. The molecule has 1 aromatic heterocycles. The van der Waals surface area contributed by atoms with Crippen LogP contribution in [0.3, 0.4) is 0 Å². The van der Waals surface area contributed by atoms with E-state index in [0.29, 0.717) is 25.4 Å². The van der Waals surface area contributed by atoms with Crippen LogP contribution >= 0.6 is 0 Å². The Kier molecular flexibility index (Phi) is 9.97. The Bertz CT molecular complexity index is 1570. The molecule has 2 N–H and O–H groups in total. The molecule has 2 aliphatic heterocycles. The van der Waals surface area contributed by atoms with Gasteiger partial charge in [-0.1, -0.05) is 70.1 Å². The average Bonchev–Trinajstić information content (AvgIpc) is 3.57. The summed E-state index contributed by atoms with van der Waals surface area (Å²) in [7, 11) is 0. The van der Waals surface area contributed by atoms with Crippen molar-refractivity contribution in [3.63, 3.8) is 0 Å². The summed E-state index contributed by atoms with van der Waals surface area (Å²) in [5.41, 5.74) is -1.92. The highest BCUT2D eigenvalue weighted by Gasteiger charge is 2.56. The number of piperidine rings is 1. The zero-order valence-corrected chi connectivity index (χ0v) is 28.0. The molecule has 11 heteroatoms. The van der Waals surface area contributed by atoms with Gasteiger partial charge >= 0.3 is 6.09 Å². The van der Waals surface area contributed by atoms with Gasteiger partial charge in [0.1, 0.15) is 5.82 Å². The molecule has 2 saturated carbocycles. The standard InChI is InChI=1S/C37H49FN4O6/c1-26(21-27-9-3-2-4-10-27)33(44)41-16-15-37(48,36(24-41)13-7-8-14-36)25-42-23-30(34(45)39-17-19-40(20-18-39)35(46)47)29(22-32(42)43)28-11-5-6-12-31(28)38/h5-6,11-12,22-23,26-27,48H,2-4,7-10,13-21,24-25H2,1H3,(H,46,47)/t26?,37-/m1/s1. The van der Waals surface area contributed by atoms with Crippen LogP contribution in [0.25, 0.3) is 11.1 Å². The first-order chi connectivity index (χ1) is 23.0. The Hall–Kier alpha value is -3.73. The monoisotopic (exact) mass is 664 g/mol. The smallest absolute Gasteiger partial charge is 0.407 e. The van der Waals surface area contributed by atoms with E-state index in [-0.39, 0.29) is 61.2 Å². The van der Waals surface area contributed by atoms with Crippen LogP contribution in [0.2, 0.25) is 0 Å². The van der Waals surface area contributed by atoms with Gasteiger partial charge in [0.25, 0.3) is 11.5 Å². The summed E-state index contributed by atoms with van der Waals surface area (Å²) in [6.45, 7) is 3.45. The van der Waals surface area contributed by atoms with E-state index in [1.54, 1.807) is 6.07 Å². The van der Waals surface area contributed by atoms with Gasteiger partial charge in [-0.3, -0.25) is 14.4 Å². The van der Waals surface area contributed by atoms with Crippen LogP contribution in [0.5, 0.6) is 0 Å². The number of amides is 3. The van der Waals surface area contributed by atoms with Crippen LogP contribution in [-0.2, 0) is 11.3 Å². The molecule has 4 aliphatic rings. The van der Waals surface area contributed by atoms with Gasteiger partial charge < -0.3 is 29.5 Å². The summed E-state index contributed by atoms with van der Waals surface area (Å²) in [5.74, 6) is -0.329. The lowest BCUT2D eigenvalue weighted by Gasteiger charge is -2.53. The molecular formula is C37H49FN4O6. The number of aromatic nitrogens is 1. The Morgan fingerprint density at radius 3 is 2.23 bits per heavy atom. The lowest BCUT2D eigenvalue weighted by atomic mass is 9.65. The van der Waals surface area contributed by atoms with E-state index in [2.05, 4.69) is 0 Å². The molecule has 2 aliphatic carbocycles. The van der Waals surface area contributed by atoms with Crippen molar-refractivity contribution in [3.05, 3.63) is 58.3 Å². The SMILES string of the molecule is CC(CC1CCCCC1)C(=O)N1CC[C@@](O)(Cn2cc(C(=O)N3CCN(C(=O)O)CC3)c(-c3ccccc3F)cc2=O)C2(CCCC2)C1. The summed E-state index contributed by atoms with van der Waals surface area (Å²) >= 11 is 0. The average molecular weight is 665 g/mol. The van der Waals surface area contributed by atoms with Crippen LogP contribution < -0.4 is 5.56 Å². The molecular weight excluding hydrogens is 615 g/mol. The van der Waals surface area contributed by atoms with Crippen molar-refractivity contribution < 1.29 is 29.0 Å². The Labute approximate surface area is 281 Å². The zero-order chi connectivity index (χ0) is 34.1. The summed E-state index contributed by atoms with van der Waals surface area (Å²) in [6, 6.07) is 7.25. The van der Waals surface area contributed by atoms with Crippen LogP contribution in [0.4, 0.5) is 9.18 Å². The number of carbonyl (C=O) groups is 3. The van der Waals surface area contributed by atoms with Crippen LogP contribution in [0.1, 0.15) is 87.9 Å². The Morgan fingerprint density at radius 2 is 1.56 bits per heavy atom. The van der Waals surface area contributed by atoms with E-state index in [0.717, 1.165) is 32.1 Å². The highest BCUT2D eigenvalue weighted by atomic mass is 19.1. The molecule has 1 spiro atoms. The number of hydrogen-bond acceptors (Lipinski definition) is 5. The van der Waals surface area contributed by atoms with Gasteiger partial charge in [0.2, 0.25) is 5.91 Å². The molecule has 3 heterocycles. The molecule has 1 unspecified atom stereocenters. The molecule has 10 nitrogen and oxygen atoms in total. The van der Waals surface area contributed by atoms with Gasteiger partial charge in [-0.05, 0) is 37.7 Å². The second kappa shape index (κ2) is 14.0. The molecule has 260 valence electrons. The fourth-order valence-corrected chi connectivity index (χ4v) is 8.94. The number of halogens is 1.